The molecule has 1 heterocycles. The monoisotopic (exact) mass is 583 g/mol. The number of anilines is 1. The summed E-state index contributed by atoms with van der Waals surface area (Å²) >= 11 is 0. The minimum atomic E-state index is -0.997. The average Bonchev–Trinajstić information content (AvgIpc) is 3.45. The van der Waals surface area contributed by atoms with Crippen molar-refractivity contribution in [3.8, 4) is 11.5 Å². The minimum Gasteiger partial charge on any atom is -0.454 e. The Labute approximate surface area is 251 Å². The standard InChI is InChI=1S/C35H38FN3O4/c1-23(2)20-27(35(34(37)42)18-7-8-19-35)32(40)38-29-17-16-25-11-3-5-14-30(25)39(33(29)41)22-24-10-9-12-26(21-24)43-31-15-6-4-13-28(31)36/h3-15,21,23,27,29H,16-20,22H2,1-2H3,(H2,37,42)(H,38,40). The van der Waals surface area contributed by atoms with Gasteiger partial charge in [0, 0.05) is 5.69 Å². The molecule has 1 aliphatic carbocycles. The number of carbonyl (C=O) groups excluding carboxylic acids is 3. The van der Waals surface area contributed by atoms with Gasteiger partial charge in [-0.3, -0.25) is 14.4 Å². The second-order valence-corrected chi connectivity index (χ2v) is 11.9. The number of benzene rings is 3. The number of nitrogens with two attached hydrogens (primary N) is 1. The quantitative estimate of drug-likeness (QED) is 0.283. The SMILES string of the molecule is CC(C)CC(C(=O)NC1CCc2ccccc2N(Cc2cccc(Oc3ccccc3F)c2)C1=O)C1(C(N)=O)CC=CC1. The fourth-order valence-corrected chi connectivity index (χ4v) is 6.21. The van der Waals surface area contributed by atoms with Gasteiger partial charge in [0.1, 0.15) is 11.8 Å². The topological polar surface area (TPSA) is 102 Å². The zero-order valence-corrected chi connectivity index (χ0v) is 24.6. The average molecular weight is 584 g/mol. The van der Waals surface area contributed by atoms with Crippen LogP contribution in [0.15, 0.2) is 84.9 Å². The molecule has 0 saturated heterocycles. The van der Waals surface area contributed by atoms with E-state index in [0.29, 0.717) is 37.9 Å². The van der Waals surface area contributed by atoms with Gasteiger partial charge in [-0.1, -0.05) is 68.5 Å². The first-order chi connectivity index (χ1) is 20.7. The number of aryl methyl sites for hydroxylation is 1. The highest BCUT2D eigenvalue weighted by atomic mass is 19.1. The van der Waals surface area contributed by atoms with Crippen LogP contribution in [-0.4, -0.2) is 23.8 Å². The summed E-state index contributed by atoms with van der Waals surface area (Å²) in [6.07, 6.45) is 6.14. The number of fused-ring (bicyclic) bond motifs is 1. The van der Waals surface area contributed by atoms with Crippen molar-refractivity contribution >= 4 is 23.4 Å². The van der Waals surface area contributed by atoms with Crippen molar-refractivity contribution in [1.29, 1.82) is 0 Å². The Morgan fingerprint density at radius 1 is 1.05 bits per heavy atom. The second-order valence-electron chi connectivity index (χ2n) is 11.9. The van der Waals surface area contributed by atoms with E-state index in [9.17, 15) is 18.8 Å². The smallest absolute Gasteiger partial charge is 0.249 e. The number of amides is 3. The Bertz CT molecular complexity index is 1530. The lowest BCUT2D eigenvalue weighted by Crippen LogP contribution is -2.54. The molecule has 8 heteroatoms. The molecular weight excluding hydrogens is 545 g/mol. The predicted molar refractivity (Wildman–Crippen MR) is 164 cm³/mol. The molecule has 0 radical (unpaired) electrons. The van der Waals surface area contributed by atoms with Crippen molar-refractivity contribution in [3.63, 3.8) is 0 Å². The van der Waals surface area contributed by atoms with Gasteiger partial charge in [0.05, 0.1) is 17.9 Å². The van der Waals surface area contributed by atoms with Crippen LogP contribution in [0.25, 0.3) is 0 Å². The van der Waals surface area contributed by atoms with E-state index in [-0.39, 0.29) is 30.0 Å². The van der Waals surface area contributed by atoms with Gasteiger partial charge < -0.3 is 20.7 Å². The van der Waals surface area contributed by atoms with E-state index in [1.54, 1.807) is 41.3 Å². The maximum Gasteiger partial charge on any atom is 0.249 e. The molecule has 224 valence electrons. The molecule has 0 bridgehead atoms. The summed E-state index contributed by atoms with van der Waals surface area (Å²) in [5, 5.41) is 3.04. The highest BCUT2D eigenvalue weighted by Gasteiger charge is 2.48. The van der Waals surface area contributed by atoms with Crippen molar-refractivity contribution in [2.45, 2.75) is 58.5 Å². The van der Waals surface area contributed by atoms with E-state index >= 15 is 0 Å². The van der Waals surface area contributed by atoms with Crippen LogP contribution in [0.5, 0.6) is 11.5 Å². The van der Waals surface area contributed by atoms with E-state index in [1.807, 2.05) is 56.3 Å². The van der Waals surface area contributed by atoms with Crippen molar-refractivity contribution in [2.24, 2.45) is 23.0 Å². The molecule has 2 unspecified atom stereocenters. The van der Waals surface area contributed by atoms with Crippen LogP contribution in [0.3, 0.4) is 0 Å². The van der Waals surface area contributed by atoms with Gasteiger partial charge in [-0.05, 0) is 79.5 Å². The van der Waals surface area contributed by atoms with Crippen LogP contribution in [0, 0.1) is 23.1 Å². The maximum absolute atomic E-state index is 14.2. The highest BCUT2D eigenvalue weighted by Crippen LogP contribution is 2.43. The Balaban J connectivity index is 1.41. The van der Waals surface area contributed by atoms with Gasteiger partial charge >= 0.3 is 0 Å². The van der Waals surface area contributed by atoms with E-state index in [1.165, 1.54) is 6.07 Å². The van der Waals surface area contributed by atoms with Crippen LogP contribution in [-0.2, 0) is 27.3 Å². The lowest BCUT2D eigenvalue weighted by molar-refractivity contribution is -0.142. The number of ether oxygens (including phenoxy) is 1. The van der Waals surface area contributed by atoms with Gasteiger partial charge in [-0.15, -0.1) is 0 Å². The van der Waals surface area contributed by atoms with Crippen LogP contribution in [0.1, 0.15) is 50.7 Å². The number of nitrogens with one attached hydrogen (secondary N) is 1. The number of primary amides is 1. The molecule has 0 aromatic heterocycles. The third-order valence-corrected chi connectivity index (χ3v) is 8.48. The molecule has 3 N–H and O–H groups in total. The van der Waals surface area contributed by atoms with Gasteiger partial charge in [-0.2, -0.15) is 0 Å². The van der Waals surface area contributed by atoms with Crippen LogP contribution in [0.2, 0.25) is 0 Å². The fourth-order valence-electron chi connectivity index (χ4n) is 6.21. The summed E-state index contributed by atoms with van der Waals surface area (Å²) in [7, 11) is 0. The van der Waals surface area contributed by atoms with Crippen molar-refractivity contribution in [3.05, 3.63) is 102 Å². The number of halogens is 1. The van der Waals surface area contributed by atoms with Gasteiger partial charge in [0.25, 0.3) is 0 Å². The Morgan fingerprint density at radius 3 is 2.49 bits per heavy atom. The third kappa shape index (κ3) is 6.48. The molecule has 0 fully saturated rings. The fraction of sp³-hybridized carbons (Fsp3) is 0.343. The molecule has 5 rings (SSSR count). The molecular formula is C35H38FN3O4. The largest absolute Gasteiger partial charge is 0.454 e. The number of rotatable bonds is 10. The highest BCUT2D eigenvalue weighted by molar-refractivity contribution is 6.01. The van der Waals surface area contributed by atoms with E-state index < -0.39 is 29.1 Å². The Morgan fingerprint density at radius 2 is 1.77 bits per heavy atom. The molecule has 2 aliphatic rings. The first kappa shape index (κ1) is 30.0. The van der Waals surface area contributed by atoms with Gasteiger partial charge in [-0.25, -0.2) is 4.39 Å². The summed E-state index contributed by atoms with van der Waals surface area (Å²) < 4.78 is 20.0. The van der Waals surface area contributed by atoms with E-state index in [4.69, 9.17) is 10.5 Å². The molecule has 2 atom stereocenters. The minimum absolute atomic E-state index is 0.112. The first-order valence-corrected chi connectivity index (χ1v) is 14.8. The molecule has 3 amide bonds. The molecule has 43 heavy (non-hydrogen) atoms. The zero-order valence-electron chi connectivity index (χ0n) is 24.6. The predicted octanol–water partition coefficient (Wildman–Crippen LogP) is 6.07. The van der Waals surface area contributed by atoms with Crippen LogP contribution < -0.4 is 20.7 Å². The maximum atomic E-state index is 14.2. The summed E-state index contributed by atoms with van der Waals surface area (Å²) in [5.41, 5.74) is 7.46. The van der Waals surface area contributed by atoms with Crippen LogP contribution in [0.4, 0.5) is 10.1 Å². The van der Waals surface area contributed by atoms with Crippen LogP contribution >= 0.6 is 0 Å². The second kappa shape index (κ2) is 12.8. The zero-order chi connectivity index (χ0) is 30.6. The number of carbonyl (C=O) groups is 3. The van der Waals surface area contributed by atoms with Crippen molar-refractivity contribution in [2.75, 3.05) is 4.90 Å². The Hall–Kier alpha value is -4.46. The third-order valence-electron chi connectivity index (χ3n) is 8.48. The summed E-state index contributed by atoms with van der Waals surface area (Å²) in [5.74, 6) is -1.46. The van der Waals surface area contributed by atoms with E-state index in [2.05, 4.69) is 5.32 Å². The normalized spacial score (nSPS) is 18.2. The molecule has 3 aromatic carbocycles. The lowest BCUT2D eigenvalue weighted by atomic mass is 9.69. The number of allylic oxidation sites excluding steroid dienone is 2. The number of nitrogens with zero attached hydrogens (tertiary/aromatic N) is 1. The number of hydrogen-bond acceptors (Lipinski definition) is 4. The molecule has 1 aliphatic heterocycles. The first-order valence-electron chi connectivity index (χ1n) is 14.8. The van der Waals surface area contributed by atoms with Crippen molar-refractivity contribution < 1.29 is 23.5 Å². The van der Waals surface area contributed by atoms with Crippen molar-refractivity contribution in [1.82, 2.24) is 5.32 Å². The number of hydrogen-bond donors (Lipinski definition) is 2. The summed E-state index contributed by atoms with van der Waals surface area (Å²) in [6, 6.07) is 20.3. The molecule has 3 aromatic rings. The van der Waals surface area contributed by atoms with E-state index in [0.717, 1.165) is 16.8 Å². The van der Waals surface area contributed by atoms with Gasteiger partial charge in [0.2, 0.25) is 17.7 Å². The lowest BCUT2D eigenvalue weighted by Gasteiger charge is -2.36. The summed E-state index contributed by atoms with van der Waals surface area (Å²) in [6.45, 7) is 4.24. The Kier molecular flexibility index (Phi) is 8.94. The number of para-hydroxylation sites is 2. The molecule has 0 saturated carbocycles. The molecule has 7 nitrogen and oxygen atoms in total. The molecule has 0 spiro atoms. The van der Waals surface area contributed by atoms with Gasteiger partial charge in [0.15, 0.2) is 11.6 Å². The summed E-state index contributed by atoms with van der Waals surface area (Å²) in [4.78, 5) is 42.5.